The maximum absolute atomic E-state index is 15.9. The molecule has 2 aliphatic rings. The average molecular weight is 719 g/mol. The van der Waals surface area contributed by atoms with Gasteiger partial charge >= 0.3 is 258 Å². The monoisotopic (exact) mass is 717 g/mol. The van der Waals surface area contributed by atoms with E-state index >= 15 is 17.6 Å². The fourth-order valence-electron chi connectivity index (χ4n) is 6.61. The van der Waals surface area contributed by atoms with E-state index in [0.717, 1.165) is 0 Å². The number of hydrogen-bond acceptors (Lipinski definition) is 0. The molecule has 0 nitrogen and oxygen atoms in total. The Balaban J connectivity index is 2.05. The van der Waals surface area contributed by atoms with Gasteiger partial charge in [-0.1, -0.05) is 0 Å². The van der Waals surface area contributed by atoms with E-state index in [1.54, 1.807) is 49.4 Å². The molecule has 44 heavy (non-hydrogen) atoms. The molecule has 0 spiro atoms. The molecule has 0 bridgehead atoms. The van der Waals surface area contributed by atoms with Crippen molar-refractivity contribution in [2.24, 2.45) is 0 Å². The number of halogens is 10. The van der Waals surface area contributed by atoms with Crippen LogP contribution in [0.3, 0.4) is 0 Å². The second-order valence-electron chi connectivity index (χ2n) is 10.4. The van der Waals surface area contributed by atoms with E-state index in [4.69, 9.17) is 0 Å². The first-order valence-electron chi connectivity index (χ1n) is 13.6. The molecule has 5 rings (SSSR count). The molecule has 0 aromatic heterocycles. The van der Waals surface area contributed by atoms with E-state index in [9.17, 15) is 26.3 Å². The van der Waals surface area contributed by atoms with Gasteiger partial charge in [0.1, 0.15) is 0 Å². The molecule has 0 saturated heterocycles. The summed E-state index contributed by atoms with van der Waals surface area (Å²) >= 11 is -4.69. The molecule has 0 aliphatic heterocycles. The van der Waals surface area contributed by atoms with Crippen LogP contribution in [0.5, 0.6) is 0 Å². The number of fused-ring (bicyclic) bond motifs is 1. The summed E-state index contributed by atoms with van der Waals surface area (Å²) in [6.45, 7) is 5.45. The van der Waals surface area contributed by atoms with Crippen LogP contribution in [0.4, 0.5) is 43.9 Å². The van der Waals surface area contributed by atoms with Crippen LogP contribution in [0.2, 0.25) is 0 Å². The van der Waals surface area contributed by atoms with Crippen LogP contribution in [0.15, 0.2) is 51.3 Å². The zero-order valence-corrected chi connectivity index (χ0v) is 26.9. The van der Waals surface area contributed by atoms with Crippen LogP contribution < -0.4 is 10.9 Å². The minimum absolute atomic E-state index is 0.115. The van der Waals surface area contributed by atoms with Crippen LogP contribution in [-0.4, -0.2) is 16.6 Å². The van der Waals surface area contributed by atoms with Crippen molar-refractivity contribution in [1.82, 2.24) is 0 Å². The Morgan fingerprint density at radius 2 is 1.16 bits per heavy atom. The Hall–Kier alpha value is -2.44. The van der Waals surface area contributed by atoms with Gasteiger partial charge in [0.25, 0.3) is 0 Å². The third-order valence-corrected chi connectivity index (χ3v) is 24.2. The van der Waals surface area contributed by atoms with Crippen LogP contribution in [-0.2, 0) is 24.4 Å². The van der Waals surface area contributed by atoms with Crippen molar-refractivity contribution < 1.29 is 65.4 Å². The normalized spacial score (nSPS) is 17.3. The summed E-state index contributed by atoms with van der Waals surface area (Å²) < 4.78 is 148. The van der Waals surface area contributed by atoms with Crippen molar-refractivity contribution in [1.29, 1.82) is 0 Å². The molecular formula is C31H23BF10PZr. The third-order valence-electron chi connectivity index (χ3n) is 8.39. The zero-order chi connectivity index (χ0) is 32.2. The Morgan fingerprint density at radius 3 is 1.59 bits per heavy atom. The van der Waals surface area contributed by atoms with Crippen molar-refractivity contribution in [3.05, 3.63) is 121 Å². The average Bonchev–Trinajstić information content (AvgIpc) is 3.65. The van der Waals surface area contributed by atoms with Gasteiger partial charge in [-0.05, 0) is 0 Å². The van der Waals surface area contributed by atoms with E-state index in [1.807, 2.05) is 19.9 Å². The SMILES string of the molecule is CCP(CC)[C]1([Zr]([B](c2c(F)c(F)c(F)c(F)c2F)c2c(F)c(F)c(F)c(F)c2F)[C]2=CC=CC2)C(C)=Cc2ccccc21. The Bertz CT molecular complexity index is 1640. The van der Waals surface area contributed by atoms with E-state index in [-0.39, 0.29) is 6.42 Å². The van der Waals surface area contributed by atoms with Gasteiger partial charge in [-0.2, -0.15) is 0 Å². The topological polar surface area (TPSA) is 0 Å². The Morgan fingerprint density at radius 1 is 0.705 bits per heavy atom. The van der Waals surface area contributed by atoms with E-state index in [0.29, 0.717) is 32.3 Å². The van der Waals surface area contributed by atoms with E-state index in [1.165, 1.54) is 0 Å². The van der Waals surface area contributed by atoms with Gasteiger partial charge in [0.2, 0.25) is 0 Å². The number of benzene rings is 3. The summed E-state index contributed by atoms with van der Waals surface area (Å²) in [5.41, 5.74) is -1.20. The van der Waals surface area contributed by atoms with Crippen LogP contribution >= 0.6 is 7.92 Å². The van der Waals surface area contributed by atoms with Crippen molar-refractivity contribution >= 4 is 29.2 Å². The summed E-state index contributed by atoms with van der Waals surface area (Å²) in [5.74, 6) is -24.0. The maximum atomic E-state index is 15.9. The van der Waals surface area contributed by atoms with Gasteiger partial charge in [-0.25, -0.2) is 0 Å². The van der Waals surface area contributed by atoms with Crippen molar-refractivity contribution in [3.8, 4) is 0 Å². The second kappa shape index (κ2) is 12.4. The molecule has 3 aromatic carbocycles. The Labute approximate surface area is 256 Å². The molecule has 0 radical (unpaired) electrons. The first-order chi connectivity index (χ1) is 20.9. The van der Waals surface area contributed by atoms with Crippen molar-refractivity contribution in [2.45, 2.75) is 30.1 Å². The fraction of sp³-hybridized carbons (Fsp3) is 0.226. The quantitative estimate of drug-likeness (QED) is 0.0722. The number of rotatable bonds is 8. The van der Waals surface area contributed by atoms with Crippen molar-refractivity contribution in [3.63, 3.8) is 0 Å². The summed E-state index contributed by atoms with van der Waals surface area (Å²) in [4.78, 5) is 0. The molecule has 13 heteroatoms. The van der Waals surface area contributed by atoms with E-state index < -0.39 is 106 Å². The van der Waals surface area contributed by atoms with Crippen LogP contribution in [0.1, 0.15) is 38.3 Å². The molecule has 3 aromatic rings. The molecule has 0 amide bonds. The fourth-order valence-corrected chi connectivity index (χ4v) is 25.7. The molecule has 0 fully saturated rings. The standard InChI is InChI=1S/C14H18P.C12BF10.C5H5.Zr/c1-4-15(5-2)14-11(3)10-12-8-6-7-9-13(12)14;14-3-1(4(15)8(19)11(22)7(3)18)13-2-5(16)9(20)12(23)10(21)6(2)17;1-2-4-5-3-1;/h6-10H,4-5H2,1-3H3;;1-3H,4H2;/q;+1;;-1. The first kappa shape index (κ1) is 32.9. The van der Waals surface area contributed by atoms with Gasteiger partial charge in [0.05, 0.1) is 0 Å². The molecule has 0 heterocycles. The summed E-state index contributed by atoms with van der Waals surface area (Å²) in [6.07, 6.45) is 7.73. The first-order valence-corrected chi connectivity index (χ1v) is 19.2. The minimum atomic E-state index is -4.69. The predicted molar refractivity (Wildman–Crippen MR) is 149 cm³/mol. The summed E-state index contributed by atoms with van der Waals surface area (Å²) in [6, 6.07) is 6.96. The number of allylic oxidation sites excluding steroid dienone is 5. The van der Waals surface area contributed by atoms with Gasteiger partial charge in [0.15, 0.2) is 0 Å². The molecule has 1 unspecified atom stereocenters. The molecule has 229 valence electrons. The predicted octanol–water partition coefficient (Wildman–Crippen LogP) is 8.44. The molecule has 0 saturated carbocycles. The summed E-state index contributed by atoms with van der Waals surface area (Å²) in [5, 5.41) is 0. The molecule has 2 aliphatic carbocycles. The van der Waals surface area contributed by atoms with Crippen molar-refractivity contribution in [2.75, 3.05) is 12.3 Å². The second-order valence-corrected chi connectivity index (χ2v) is 21.4. The third kappa shape index (κ3) is 4.73. The van der Waals surface area contributed by atoms with Gasteiger partial charge in [-0.15, -0.1) is 0 Å². The molecule has 1 atom stereocenters. The number of hydrogen-bond donors (Lipinski definition) is 0. The molecule has 0 N–H and O–H groups in total. The van der Waals surface area contributed by atoms with Crippen LogP contribution in [0.25, 0.3) is 6.08 Å². The summed E-state index contributed by atoms with van der Waals surface area (Å²) in [7, 11) is -1.28. The Kier molecular flexibility index (Phi) is 9.28. The van der Waals surface area contributed by atoms with Gasteiger partial charge in [0, 0.05) is 0 Å². The van der Waals surface area contributed by atoms with Crippen LogP contribution in [0, 0.1) is 58.2 Å². The van der Waals surface area contributed by atoms with Gasteiger partial charge in [-0.3, -0.25) is 0 Å². The van der Waals surface area contributed by atoms with Gasteiger partial charge < -0.3 is 0 Å². The zero-order valence-electron chi connectivity index (χ0n) is 23.5. The molecular weight excluding hydrogens is 695 g/mol. The van der Waals surface area contributed by atoms with E-state index in [2.05, 4.69) is 0 Å².